The van der Waals surface area contributed by atoms with Crippen LogP contribution in [0.3, 0.4) is 0 Å². The molecule has 0 bridgehead atoms. The number of Topliss-reactive ketones (excluding diaryl/α,β-unsaturated/α-hetero) is 1. The van der Waals surface area contributed by atoms with Crippen molar-refractivity contribution >= 4 is 11.9 Å². The molecule has 30 heavy (non-hydrogen) atoms. The second-order valence-electron chi connectivity index (χ2n) is 8.49. The van der Waals surface area contributed by atoms with Crippen LogP contribution in [0, 0.1) is 0 Å². The van der Waals surface area contributed by atoms with Crippen molar-refractivity contribution in [2.45, 2.75) is 66.4 Å². The predicted octanol–water partition coefficient (Wildman–Crippen LogP) is 6.00. The molecule has 1 aromatic rings. The quantitative estimate of drug-likeness (QED) is 0.305. The number of allylic oxidation sites excluding steroid dienone is 4. The number of aromatic hydroxyl groups is 1. The standard InChI is InChI=1S/C25H34O5/c1-16(2)9-8-10-17(3)11-12-19-22(27)21(18(4)26)24-20(23(19)29-15-28-7)13-14-25(5,6)30-24/h9,11,13-14,27H,8,10,12,15H2,1-7H3/b17-11+. The van der Waals surface area contributed by atoms with Crippen LogP contribution in [0.4, 0.5) is 0 Å². The zero-order chi connectivity index (χ0) is 22.5. The lowest BCUT2D eigenvalue weighted by Crippen LogP contribution is -2.29. The molecule has 1 heterocycles. The van der Waals surface area contributed by atoms with E-state index < -0.39 is 5.60 Å². The molecule has 1 aromatic carbocycles. The highest BCUT2D eigenvalue weighted by Gasteiger charge is 2.32. The van der Waals surface area contributed by atoms with Crippen molar-refractivity contribution in [3.63, 3.8) is 0 Å². The molecule has 0 saturated heterocycles. The van der Waals surface area contributed by atoms with Crippen LogP contribution in [-0.2, 0) is 11.2 Å². The van der Waals surface area contributed by atoms with E-state index in [2.05, 4.69) is 32.9 Å². The Morgan fingerprint density at radius 2 is 1.90 bits per heavy atom. The minimum absolute atomic E-state index is 0.0266. The molecule has 0 fully saturated rings. The maximum absolute atomic E-state index is 12.4. The third-order valence-electron chi connectivity index (χ3n) is 4.95. The van der Waals surface area contributed by atoms with E-state index in [-0.39, 0.29) is 23.9 Å². The number of carbonyl (C=O) groups excluding carboxylic acids is 1. The van der Waals surface area contributed by atoms with E-state index in [1.807, 2.05) is 26.0 Å². The number of hydrogen-bond acceptors (Lipinski definition) is 5. The smallest absolute Gasteiger partial charge is 0.188 e. The summed E-state index contributed by atoms with van der Waals surface area (Å²) in [6.07, 6.45) is 10.4. The number of phenols is 1. The van der Waals surface area contributed by atoms with Crippen LogP contribution >= 0.6 is 0 Å². The number of phenolic OH excluding ortho intramolecular Hbond substituents is 1. The van der Waals surface area contributed by atoms with Crippen LogP contribution in [0.2, 0.25) is 0 Å². The van der Waals surface area contributed by atoms with Crippen LogP contribution in [0.25, 0.3) is 6.08 Å². The van der Waals surface area contributed by atoms with Gasteiger partial charge in [0.15, 0.2) is 12.6 Å². The van der Waals surface area contributed by atoms with E-state index in [9.17, 15) is 9.90 Å². The molecule has 1 aliphatic heterocycles. The first-order chi connectivity index (χ1) is 14.1. The fourth-order valence-corrected chi connectivity index (χ4v) is 3.37. The van der Waals surface area contributed by atoms with Gasteiger partial charge in [-0.05, 0) is 73.0 Å². The first-order valence-corrected chi connectivity index (χ1v) is 10.3. The Morgan fingerprint density at radius 3 is 2.50 bits per heavy atom. The number of rotatable bonds is 9. The number of fused-ring (bicyclic) bond motifs is 1. The largest absolute Gasteiger partial charge is 0.507 e. The highest BCUT2D eigenvalue weighted by atomic mass is 16.7. The molecule has 0 spiro atoms. The lowest BCUT2D eigenvalue weighted by molar-refractivity contribution is 0.0495. The molecule has 0 aliphatic carbocycles. The maximum atomic E-state index is 12.4. The monoisotopic (exact) mass is 414 g/mol. The van der Waals surface area contributed by atoms with E-state index in [1.165, 1.54) is 18.1 Å². The van der Waals surface area contributed by atoms with Crippen LogP contribution < -0.4 is 9.47 Å². The van der Waals surface area contributed by atoms with Crippen molar-refractivity contribution in [2.24, 2.45) is 0 Å². The average molecular weight is 415 g/mol. The summed E-state index contributed by atoms with van der Waals surface area (Å²) >= 11 is 0. The molecule has 0 radical (unpaired) electrons. The zero-order valence-corrected chi connectivity index (χ0v) is 19.2. The predicted molar refractivity (Wildman–Crippen MR) is 120 cm³/mol. The van der Waals surface area contributed by atoms with Crippen molar-refractivity contribution in [1.82, 2.24) is 0 Å². The van der Waals surface area contributed by atoms with Gasteiger partial charge in [0.25, 0.3) is 0 Å². The van der Waals surface area contributed by atoms with Crippen molar-refractivity contribution < 1.29 is 24.1 Å². The molecule has 0 atom stereocenters. The van der Waals surface area contributed by atoms with Crippen LogP contribution in [0.1, 0.15) is 75.9 Å². The number of carbonyl (C=O) groups is 1. The first kappa shape index (κ1) is 23.7. The Labute approximate surface area is 180 Å². The summed E-state index contributed by atoms with van der Waals surface area (Å²) in [6, 6.07) is 0. The van der Waals surface area contributed by atoms with Crippen molar-refractivity contribution in [3.05, 3.63) is 46.1 Å². The normalized spacial score (nSPS) is 14.7. The Kier molecular flexibility index (Phi) is 7.90. The third-order valence-corrected chi connectivity index (χ3v) is 4.95. The Morgan fingerprint density at radius 1 is 1.20 bits per heavy atom. The molecule has 0 aromatic heterocycles. The molecular formula is C25H34O5. The molecule has 0 amide bonds. The highest BCUT2D eigenvalue weighted by molar-refractivity contribution is 6.02. The lowest BCUT2D eigenvalue weighted by Gasteiger charge is -2.31. The highest BCUT2D eigenvalue weighted by Crippen LogP contribution is 2.47. The van der Waals surface area contributed by atoms with E-state index >= 15 is 0 Å². The summed E-state index contributed by atoms with van der Waals surface area (Å²) in [6.45, 7) is 11.5. The van der Waals surface area contributed by atoms with Gasteiger partial charge in [-0.2, -0.15) is 0 Å². The van der Waals surface area contributed by atoms with Gasteiger partial charge in [-0.25, -0.2) is 0 Å². The number of methoxy groups -OCH3 is 1. The molecule has 0 saturated carbocycles. The van der Waals surface area contributed by atoms with Gasteiger partial charge >= 0.3 is 0 Å². The summed E-state index contributed by atoms with van der Waals surface area (Å²) in [5, 5.41) is 11.0. The van der Waals surface area contributed by atoms with Gasteiger partial charge in [-0.15, -0.1) is 0 Å². The SMILES string of the molecule is COCOc1c2c(c(C(C)=O)c(O)c1C/C=C(\C)CCC=C(C)C)OC(C)(C)C=C2. The molecule has 5 nitrogen and oxygen atoms in total. The lowest BCUT2D eigenvalue weighted by atomic mass is 9.92. The van der Waals surface area contributed by atoms with Gasteiger partial charge in [-0.3, -0.25) is 4.79 Å². The first-order valence-electron chi connectivity index (χ1n) is 10.3. The summed E-state index contributed by atoms with van der Waals surface area (Å²) in [4.78, 5) is 12.4. The van der Waals surface area contributed by atoms with Crippen LogP contribution in [0.15, 0.2) is 29.4 Å². The summed E-state index contributed by atoms with van der Waals surface area (Å²) in [5.41, 5.74) is 3.32. The van der Waals surface area contributed by atoms with E-state index in [0.29, 0.717) is 29.0 Å². The molecule has 5 heteroatoms. The Balaban J connectivity index is 2.54. The van der Waals surface area contributed by atoms with Gasteiger partial charge < -0.3 is 19.3 Å². The molecule has 164 valence electrons. The fraction of sp³-hybridized carbons (Fsp3) is 0.480. The fourth-order valence-electron chi connectivity index (χ4n) is 3.37. The molecular weight excluding hydrogens is 380 g/mol. The minimum Gasteiger partial charge on any atom is -0.507 e. The van der Waals surface area contributed by atoms with Gasteiger partial charge in [0.2, 0.25) is 0 Å². The van der Waals surface area contributed by atoms with Crippen LogP contribution in [0.5, 0.6) is 17.2 Å². The molecule has 0 unspecified atom stereocenters. The number of benzene rings is 1. The van der Waals surface area contributed by atoms with E-state index in [0.717, 1.165) is 12.8 Å². The molecule has 1 N–H and O–H groups in total. The van der Waals surface area contributed by atoms with Gasteiger partial charge in [-0.1, -0.05) is 23.3 Å². The van der Waals surface area contributed by atoms with Crippen LogP contribution in [-0.4, -0.2) is 30.4 Å². The second kappa shape index (κ2) is 9.98. The van der Waals surface area contributed by atoms with E-state index in [1.54, 1.807) is 7.11 Å². The summed E-state index contributed by atoms with van der Waals surface area (Å²) in [5.74, 6) is 0.492. The average Bonchev–Trinajstić information content (AvgIpc) is 2.63. The second-order valence-corrected chi connectivity index (χ2v) is 8.49. The molecule has 1 aliphatic rings. The Hall–Kier alpha value is -2.53. The topological polar surface area (TPSA) is 65.0 Å². The van der Waals surface area contributed by atoms with Gasteiger partial charge in [0.05, 0.1) is 5.56 Å². The number of ether oxygens (including phenoxy) is 3. The zero-order valence-electron chi connectivity index (χ0n) is 19.2. The van der Waals surface area contributed by atoms with E-state index in [4.69, 9.17) is 14.2 Å². The van der Waals surface area contributed by atoms with Gasteiger partial charge in [0, 0.05) is 12.7 Å². The van der Waals surface area contributed by atoms with Crippen molar-refractivity contribution in [3.8, 4) is 17.2 Å². The van der Waals surface area contributed by atoms with Crippen molar-refractivity contribution in [2.75, 3.05) is 13.9 Å². The molecule has 2 rings (SSSR count). The Bertz CT molecular complexity index is 884. The number of hydrogen-bond donors (Lipinski definition) is 1. The maximum Gasteiger partial charge on any atom is 0.188 e. The summed E-state index contributed by atoms with van der Waals surface area (Å²) < 4.78 is 17.0. The van der Waals surface area contributed by atoms with Crippen molar-refractivity contribution in [1.29, 1.82) is 0 Å². The minimum atomic E-state index is -0.592. The number of ketones is 1. The van der Waals surface area contributed by atoms with Gasteiger partial charge in [0.1, 0.15) is 28.4 Å². The summed E-state index contributed by atoms with van der Waals surface area (Å²) in [7, 11) is 1.54. The third kappa shape index (κ3) is 5.76.